The van der Waals surface area contributed by atoms with Crippen LogP contribution in [0.4, 0.5) is 0 Å². The van der Waals surface area contributed by atoms with Crippen molar-refractivity contribution in [1.82, 2.24) is 5.32 Å². The second-order valence-electron chi connectivity index (χ2n) is 7.91. The average Bonchev–Trinajstić information content (AvgIpc) is 3.31. The highest BCUT2D eigenvalue weighted by molar-refractivity contribution is 7.10. The highest BCUT2D eigenvalue weighted by atomic mass is 32.1. The van der Waals surface area contributed by atoms with Crippen LogP contribution in [0, 0.1) is 0 Å². The number of hydrogen-bond acceptors (Lipinski definition) is 6. The van der Waals surface area contributed by atoms with Crippen molar-refractivity contribution >= 4 is 23.1 Å². The molecule has 0 saturated carbocycles. The Morgan fingerprint density at radius 3 is 2.71 bits per heavy atom. The van der Waals surface area contributed by atoms with Gasteiger partial charge in [0, 0.05) is 34.2 Å². The summed E-state index contributed by atoms with van der Waals surface area (Å²) in [5, 5.41) is 5.37. The first-order chi connectivity index (χ1) is 15.0. The van der Waals surface area contributed by atoms with E-state index in [1.165, 1.54) is 0 Å². The largest absolute Gasteiger partial charge is 0.496 e. The van der Waals surface area contributed by atoms with Gasteiger partial charge in [0.05, 0.1) is 25.2 Å². The molecule has 1 N–H and O–H groups in total. The lowest BCUT2D eigenvalue weighted by atomic mass is 9.73. The van der Waals surface area contributed by atoms with E-state index in [0.29, 0.717) is 30.6 Å². The van der Waals surface area contributed by atoms with Gasteiger partial charge in [-0.1, -0.05) is 31.2 Å². The van der Waals surface area contributed by atoms with Gasteiger partial charge in [0.15, 0.2) is 5.78 Å². The summed E-state index contributed by atoms with van der Waals surface area (Å²) in [7, 11) is 1.65. The molecule has 1 aliphatic carbocycles. The number of carbonyl (C=O) groups excluding carboxylic acids is 2. The Kier molecular flexibility index (Phi) is 6.28. The smallest absolute Gasteiger partial charge is 0.336 e. The molecule has 162 valence electrons. The molecule has 6 heteroatoms. The molecule has 2 heterocycles. The van der Waals surface area contributed by atoms with Gasteiger partial charge in [0.1, 0.15) is 5.75 Å². The fourth-order valence-corrected chi connectivity index (χ4v) is 5.39. The van der Waals surface area contributed by atoms with E-state index in [1.807, 2.05) is 55.6 Å². The lowest BCUT2D eigenvalue weighted by Crippen LogP contribution is -2.36. The maximum Gasteiger partial charge on any atom is 0.336 e. The molecule has 0 bridgehead atoms. The zero-order valence-corrected chi connectivity index (χ0v) is 18.9. The molecule has 1 aromatic heterocycles. The number of rotatable bonds is 6. The second kappa shape index (κ2) is 9.10. The molecule has 0 saturated heterocycles. The lowest BCUT2D eigenvalue weighted by Gasteiger charge is -2.36. The zero-order chi connectivity index (χ0) is 22.0. The van der Waals surface area contributed by atoms with Crippen molar-refractivity contribution in [2.24, 2.45) is 0 Å². The molecule has 0 radical (unpaired) electrons. The van der Waals surface area contributed by atoms with E-state index >= 15 is 0 Å². The summed E-state index contributed by atoms with van der Waals surface area (Å²) in [6.45, 7) is 4.22. The molecule has 2 aliphatic rings. The van der Waals surface area contributed by atoms with Gasteiger partial charge in [-0.25, -0.2) is 4.79 Å². The van der Waals surface area contributed by atoms with Crippen molar-refractivity contribution in [2.45, 2.75) is 44.9 Å². The standard InChI is InChI=1S/C25H27NO4S/c1-4-11-30-25(28)22-15(2)26-18-13-16(17-8-5-6-9-20(17)29-3)14-19(27)23(18)24(22)21-10-7-12-31-21/h5-10,12,16,24,26H,4,11,13-14H2,1-3H3. The molecule has 2 aromatic rings. The van der Waals surface area contributed by atoms with E-state index in [0.717, 1.165) is 34.0 Å². The van der Waals surface area contributed by atoms with Gasteiger partial charge in [-0.2, -0.15) is 0 Å². The number of dihydropyridines is 1. The van der Waals surface area contributed by atoms with Crippen molar-refractivity contribution in [2.75, 3.05) is 13.7 Å². The van der Waals surface area contributed by atoms with Crippen molar-refractivity contribution in [3.8, 4) is 5.75 Å². The summed E-state index contributed by atoms with van der Waals surface area (Å²) < 4.78 is 11.0. The SMILES string of the molecule is CCCOC(=O)C1=C(C)NC2=C(C(=O)CC(c3ccccc3OC)C2)C1c1cccs1. The van der Waals surface area contributed by atoms with E-state index < -0.39 is 0 Å². The quantitative estimate of drug-likeness (QED) is 0.639. The fourth-order valence-electron chi connectivity index (χ4n) is 4.55. The number of Topliss-reactive ketones (excluding diaryl/α,β-unsaturated/α-hetero) is 1. The van der Waals surface area contributed by atoms with Crippen molar-refractivity contribution < 1.29 is 19.1 Å². The highest BCUT2D eigenvalue weighted by Crippen LogP contribution is 2.47. The van der Waals surface area contributed by atoms with Crippen LogP contribution in [-0.4, -0.2) is 25.5 Å². The number of ketones is 1. The van der Waals surface area contributed by atoms with Crippen molar-refractivity contribution in [1.29, 1.82) is 0 Å². The number of esters is 1. The normalized spacial score (nSPS) is 20.9. The number of hydrogen-bond donors (Lipinski definition) is 1. The molecule has 0 spiro atoms. The number of thiophene rings is 1. The maximum absolute atomic E-state index is 13.5. The topological polar surface area (TPSA) is 64.6 Å². The van der Waals surface area contributed by atoms with Crippen LogP contribution in [0.15, 0.2) is 64.3 Å². The van der Waals surface area contributed by atoms with E-state index in [9.17, 15) is 9.59 Å². The van der Waals surface area contributed by atoms with Gasteiger partial charge >= 0.3 is 5.97 Å². The van der Waals surface area contributed by atoms with Gasteiger partial charge in [0.25, 0.3) is 0 Å². The van der Waals surface area contributed by atoms with Crippen LogP contribution in [0.25, 0.3) is 0 Å². The minimum atomic E-state index is -0.383. The number of para-hydroxylation sites is 1. The van der Waals surface area contributed by atoms with Gasteiger partial charge in [-0.3, -0.25) is 4.79 Å². The van der Waals surface area contributed by atoms with Crippen LogP contribution < -0.4 is 10.1 Å². The predicted molar refractivity (Wildman–Crippen MR) is 121 cm³/mol. The number of ether oxygens (including phenoxy) is 2. The van der Waals surface area contributed by atoms with Crippen molar-refractivity contribution in [3.05, 3.63) is 74.8 Å². The minimum absolute atomic E-state index is 0.0280. The first-order valence-electron chi connectivity index (χ1n) is 10.6. The Morgan fingerprint density at radius 2 is 2.00 bits per heavy atom. The number of methoxy groups -OCH3 is 1. The van der Waals surface area contributed by atoms with Crippen LogP contribution in [-0.2, 0) is 14.3 Å². The van der Waals surface area contributed by atoms with Crippen LogP contribution in [0.1, 0.15) is 55.4 Å². The molecular weight excluding hydrogens is 410 g/mol. The Balaban J connectivity index is 1.75. The fraction of sp³-hybridized carbons (Fsp3) is 0.360. The molecule has 2 unspecified atom stereocenters. The van der Waals surface area contributed by atoms with Gasteiger partial charge in [-0.05, 0) is 42.8 Å². The summed E-state index contributed by atoms with van der Waals surface area (Å²) in [6.07, 6.45) is 1.83. The van der Waals surface area contributed by atoms with Gasteiger partial charge in [-0.15, -0.1) is 11.3 Å². The third-order valence-electron chi connectivity index (χ3n) is 5.89. The number of carbonyl (C=O) groups is 2. The Hall–Kier alpha value is -2.86. The second-order valence-corrected chi connectivity index (χ2v) is 8.89. The summed E-state index contributed by atoms with van der Waals surface area (Å²) in [5.74, 6) is 0.158. The number of allylic oxidation sites excluding steroid dienone is 3. The van der Waals surface area contributed by atoms with Gasteiger partial charge in [0.2, 0.25) is 0 Å². The molecule has 1 aromatic carbocycles. The lowest BCUT2D eigenvalue weighted by molar-refractivity contribution is -0.139. The Bertz CT molecular complexity index is 1050. The molecule has 1 aliphatic heterocycles. The third-order valence-corrected chi connectivity index (χ3v) is 6.83. The number of benzene rings is 1. The maximum atomic E-state index is 13.5. The molecule has 5 nitrogen and oxygen atoms in total. The molecule has 4 rings (SSSR count). The summed E-state index contributed by atoms with van der Waals surface area (Å²) >= 11 is 1.56. The third kappa shape index (κ3) is 4.04. The monoisotopic (exact) mass is 437 g/mol. The molecule has 31 heavy (non-hydrogen) atoms. The molecule has 2 atom stereocenters. The van der Waals surface area contributed by atoms with E-state index in [1.54, 1.807) is 18.4 Å². The summed E-state index contributed by atoms with van der Waals surface area (Å²) in [5.41, 5.74) is 3.93. The van der Waals surface area contributed by atoms with Crippen molar-refractivity contribution in [3.63, 3.8) is 0 Å². The molecule has 0 amide bonds. The first kappa shape index (κ1) is 21.4. The average molecular weight is 438 g/mol. The van der Waals surface area contributed by atoms with E-state index in [-0.39, 0.29) is 23.6 Å². The van der Waals surface area contributed by atoms with Crippen LogP contribution in [0.3, 0.4) is 0 Å². The van der Waals surface area contributed by atoms with Crippen LogP contribution in [0.2, 0.25) is 0 Å². The van der Waals surface area contributed by atoms with E-state index in [2.05, 4.69) is 5.32 Å². The highest BCUT2D eigenvalue weighted by Gasteiger charge is 2.42. The molecular formula is C25H27NO4S. The van der Waals surface area contributed by atoms with Crippen LogP contribution >= 0.6 is 11.3 Å². The number of nitrogens with one attached hydrogen (secondary N) is 1. The van der Waals surface area contributed by atoms with Gasteiger partial charge < -0.3 is 14.8 Å². The van der Waals surface area contributed by atoms with E-state index in [4.69, 9.17) is 9.47 Å². The summed E-state index contributed by atoms with van der Waals surface area (Å²) in [6, 6.07) is 11.8. The Morgan fingerprint density at radius 1 is 1.19 bits per heavy atom. The molecule has 0 fully saturated rings. The first-order valence-corrected chi connectivity index (χ1v) is 11.5. The zero-order valence-electron chi connectivity index (χ0n) is 18.1. The predicted octanol–water partition coefficient (Wildman–Crippen LogP) is 5.07. The minimum Gasteiger partial charge on any atom is -0.496 e. The summed E-state index contributed by atoms with van der Waals surface area (Å²) in [4.78, 5) is 27.4. The Labute approximate surface area is 186 Å². The van der Waals surface area contributed by atoms with Crippen LogP contribution in [0.5, 0.6) is 5.75 Å².